The van der Waals surface area contributed by atoms with Crippen molar-refractivity contribution in [2.24, 2.45) is 0 Å². The molecule has 1 rings (SSSR count). The summed E-state index contributed by atoms with van der Waals surface area (Å²) >= 11 is -0.603. The van der Waals surface area contributed by atoms with E-state index in [0.29, 0.717) is 5.25 Å². The molecule has 0 aromatic heterocycles. The Kier molecular flexibility index (Phi) is 2.38. The van der Waals surface area contributed by atoms with Crippen molar-refractivity contribution in [3.05, 3.63) is 0 Å². The third-order valence-corrected chi connectivity index (χ3v) is 3.14. The minimum Gasteiger partial charge on any atom is -0.616 e. The molecular formula is C6H13NOS. The first kappa shape index (κ1) is 7.38. The Balaban J connectivity index is 2.30. The second-order valence-electron chi connectivity index (χ2n) is 2.67. The molecule has 2 atom stereocenters. The number of likely N-dealkylation sites (tertiary alicyclic amines) is 1. The Morgan fingerprint density at radius 3 is 2.56 bits per heavy atom. The quantitative estimate of drug-likeness (QED) is 0.491. The van der Waals surface area contributed by atoms with Crippen LogP contribution in [0.15, 0.2) is 0 Å². The normalized spacial score (nSPS) is 33.0. The van der Waals surface area contributed by atoms with E-state index in [1.807, 2.05) is 0 Å². The van der Waals surface area contributed by atoms with Crippen molar-refractivity contribution in [3.63, 3.8) is 0 Å². The standard InChI is InChI=1S/C6H13NOS/c1-7-4-3-6(5-7)9(2)8/h6H,3-5H2,1-2H3. The van der Waals surface area contributed by atoms with Gasteiger partial charge in [0.25, 0.3) is 0 Å². The zero-order valence-corrected chi connectivity index (χ0v) is 6.78. The van der Waals surface area contributed by atoms with Gasteiger partial charge in [0.1, 0.15) is 5.25 Å². The fourth-order valence-corrected chi connectivity index (χ4v) is 2.07. The van der Waals surface area contributed by atoms with Gasteiger partial charge in [-0.2, -0.15) is 0 Å². The molecule has 1 fully saturated rings. The van der Waals surface area contributed by atoms with E-state index in [4.69, 9.17) is 0 Å². The van der Waals surface area contributed by atoms with E-state index in [1.54, 1.807) is 6.26 Å². The van der Waals surface area contributed by atoms with E-state index in [2.05, 4.69) is 11.9 Å². The van der Waals surface area contributed by atoms with E-state index >= 15 is 0 Å². The lowest BCUT2D eigenvalue weighted by Gasteiger charge is -2.11. The molecule has 2 unspecified atom stereocenters. The summed E-state index contributed by atoms with van der Waals surface area (Å²) in [6, 6.07) is 0. The summed E-state index contributed by atoms with van der Waals surface area (Å²) < 4.78 is 10.9. The highest BCUT2D eigenvalue weighted by Gasteiger charge is 2.26. The molecule has 1 heterocycles. The van der Waals surface area contributed by atoms with Gasteiger partial charge in [-0.3, -0.25) is 0 Å². The van der Waals surface area contributed by atoms with Crippen molar-refractivity contribution >= 4 is 11.2 Å². The molecule has 0 aromatic rings. The van der Waals surface area contributed by atoms with Gasteiger partial charge < -0.3 is 9.45 Å². The van der Waals surface area contributed by atoms with Gasteiger partial charge in [0.15, 0.2) is 0 Å². The van der Waals surface area contributed by atoms with Gasteiger partial charge in [-0.15, -0.1) is 0 Å². The Labute approximate surface area is 59.4 Å². The Morgan fingerprint density at radius 2 is 2.33 bits per heavy atom. The van der Waals surface area contributed by atoms with Crippen molar-refractivity contribution in [2.45, 2.75) is 11.7 Å². The molecule has 0 radical (unpaired) electrons. The van der Waals surface area contributed by atoms with Gasteiger partial charge in [0.2, 0.25) is 0 Å². The van der Waals surface area contributed by atoms with Gasteiger partial charge in [0, 0.05) is 19.5 Å². The smallest absolute Gasteiger partial charge is 0.129 e. The zero-order valence-electron chi connectivity index (χ0n) is 5.96. The fourth-order valence-electron chi connectivity index (χ4n) is 1.17. The number of hydrogen-bond acceptors (Lipinski definition) is 2. The molecule has 0 saturated carbocycles. The number of rotatable bonds is 1. The van der Waals surface area contributed by atoms with Crippen LogP contribution in [0.2, 0.25) is 0 Å². The molecule has 3 heteroatoms. The van der Waals surface area contributed by atoms with Crippen LogP contribution in [0.1, 0.15) is 6.42 Å². The largest absolute Gasteiger partial charge is 0.616 e. The van der Waals surface area contributed by atoms with Crippen molar-refractivity contribution in [2.75, 3.05) is 26.4 Å². The minimum atomic E-state index is -0.603. The summed E-state index contributed by atoms with van der Waals surface area (Å²) in [5.41, 5.74) is 0. The highest BCUT2D eigenvalue weighted by Crippen LogP contribution is 2.13. The topological polar surface area (TPSA) is 26.3 Å². The second kappa shape index (κ2) is 2.90. The van der Waals surface area contributed by atoms with E-state index in [1.165, 1.54) is 0 Å². The van der Waals surface area contributed by atoms with E-state index < -0.39 is 11.2 Å². The Morgan fingerprint density at radius 1 is 1.67 bits per heavy atom. The van der Waals surface area contributed by atoms with Crippen LogP contribution in [0.4, 0.5) is 0 Å². The van der Waals surface area contributed by atoms with Crippen molar-refractivity contribution in [3.8, 4) is 0 Å². The molecule has 0 aliphatic carbocycles. The molecule has 1 saturated heterocycles. The Bertz CT molecular complexity index is 97.1. The van der Waals surface area contributed by atoms with Crippen LogP contribution in [0, 0.1) is 0 Å². The van der Waals surface area contributed by atoms with Crippen molar-refractivity contribution in [1.29, 1.82) is 0 Å². The van der Waals surface area contributed by atoms with E-state index in [9.17, 15) is 4.55 Å². The highest BCUT2D eigenvalue weighted by atomic mass is 32.2. The average molecular weight is 147 g/mol. The highest BCUT2D eigenvalue weighted by molar-refractivity contribution is 7.91. The minimum absolute atomic E-state index is 0.440. The molecule has 1 aliphatic heterocycles. The summed E-state index contributed by atoms with van der Waals surface area (Å²) in [6.07, 6.45) is 2.91. The maximum Gasteiger partial charge on any atom is 0.129 e. The van der Waals surface area contributed by atoms with Gasteiger partial charge in [-0.25, -0.2) is 0 Å². The first-order valence-electron chi connectivity index (χ1n) is 3.21. The molecule has 54 valence electrons. The molecule has 0 amide bonds. The van der Waals surface area contributed by atoms with E-state index in [0.717, 1.165) is 19.5 Å². The molecule has 9 heavy (non-hydrogen) atoms. The molecule has 0 N–H and O–H groups in total. The van der Waals surface area contributed by atoms with Gasteiger partial charge in [-0.05, 0) is 7.05 Å². The molecular weight excluding hydrogens is 134 g/mol. The fraction of sp³-hybridized carbons (Fsp3) is 1.00. The van der Waals surface area contributed by atoms with Crippen LogP contribution in [0.5, 0.6) is 0 Å². The van der Waals surface area contributed by atoms with Crippen molar-refractivity contribution < 1.29 is 4.55 Å². The van der Waals surface area contributed by atoms with Gasteiger partial charge in [-0.1, -0.05) is 11.2 Å². The number of nitrogens with zero attached hydrogens (tertiary/aromatic N) is 1. The summed E-state index contributed by atoms with van der Waals surface area (Å²) in [5, 5.41) is 0.440. The van der Waals surface area contributed by atoms with Crippen LogP contribution < -0.4 is 0 Å². The van der Waals surface area contributed by atoms with Crippen LogP contribution in [0.3, 0.4) is 0 Å². The molecule has 1 aliphatic rings. The third kappa shape index (κ3) is 1.85. The first-order chi connectivity index (χ1) is 4.20. The third-order valence-electron chi connectivity index (χ3n) is 1.82. The predicted octanol–water partition coefficient (Wildman–Crippen LogP) is 0.0690. The Hall–Kier alpha value is 0.270. The molecule has 0 spiro atoms. The first-order valence-corrected chi connectivity index (χ1v) is 4.83. The summed E-state index contributed by atoms with van der Waals surface area (Å²) in [4.78, 5) is 2.23. The summed E-state index contributed by atoms with van der Waals surface area (Å²) in [5.74, 6) is 0. The number of hydrogen-bond donors (Lipinski definition) is 0. The lowest BCUT2D eigenvalue weighted by molar-refractivity contribution is 0.417. The van der Waals surface area contributed by atoms with Gasteiger partial charge >= 0.3 is 0 Å². The molecule has 2 nitrogen and oxygen atoms in total. The lowest BCUT2D eigenvalue weighted by atomic mass is 10.4. The average Bonchev–Trinajstić information content (AvgIpc) is 2.14. The van der Waals surface area contributed by atoms with Crippen molar-refractivity contribution in [1.82, 2.24) is 4.90 Å². The van der Waals surface area contributed by atoms with E-state index in [-0.39, 0.29) is 0 Å². The second-order valence-corrected chi connectivity index (χ2v) is 4.34. The van der Waals surface area contributed by atoms with Gasteiger partial charge in [0.05, 0.1) is 6.26 Å². The van der Waals surface area contributed by atoms with Crippen LogP contribution in [0.25, 0.3) is 0 Å². The maximum atomic E-state index is 10.9. The summed E-state index contributed by atoms with van der Waals surface area (Å²) in [6.45, 7) is 2.13. The molecule has 0 aromatic carbocycles. The van der Waals surface area contributed by atoms with Crippen LogP contribution in [-0.4, -0.2) is 41.1 Å². The van der Waals surface area contributed by atoms with Crippen LogP contribution in [-0.2, 0) is 11.2 Å². The zero-order chi connectivity index (χ0) is 6.85. The maximum absolute atomic E-state index is 10.9. The monoisotopic (exact) mass is 147 g/mol. The summed E-state index contributed by atoms with van der Waals surface area (Å²) in [7, 11) is 2.08. The molecule has 0 bridgehead atoms. The predicted molar refractivity (Wildman–Crippen MR) is 40.0 cm³/mol. The lowest BCUT2D eigenvalue weighted by Crippen LogP contribution is -2.23. The SMILES string of the molecule is CN1CCC([S+](C)[O-])C1. The van der Waals surface area contributed by atoms with Crippen LogP contribution >= 0.6 is 0 Å².